The number of amides is 1. The molecule has 1 heterocycles. The number of hydrogen-bond donors (Lipinski definition) is 1. The van der Waals surface area contributed by atoms with Crippen molar-refractivity contribution in [3.8, 4) is 0 Å². The minimum Gasteiger partial charge on any atom is -0.324 e. The number of sulfonamides is 1. The lowest BCUT2D eigenvalue weighted by atomic mass is 10.2. The average Bonchev–Trinajstić information content (AvgIpc) is 3.00. The van der Waals surface area contributed by atoms with Crippen molar-refractivity contribution in [2.45, 2.75) is 20.4 Å². The summed E-state index contributed by atoms with van der Waals surface area (Å²) in [5, 5.41) is 1.57. The highest BCUT2D eigenvalue weighted by Crippen LogP contribution is 2.24. The highest BCUT2D eigenvalue weighted by Gasteiger charge is 2.13. The molecule has 1 amide bonds. The van der Waals surface area contributed by atoms with E-state index >= 15 is 0 Å². The topological polar surface area (TPSA) is 81.1 Å². The Morgan fingerprint density at radius 3 is 2.56 bits per heavy atom. The fourth-order valence-corrected chi connectivity index (χ4v) is 4.54. The van der Waals surface area contributed by atoms with E-state index in [-0.39, 0.29) is 0 Å². The van der Waals surface area contributed by atoms with Gasteiger partial charge in [-0.05, 0) is 49.3 Å². The summed E-state index contributed by atoms with van der Waals surface area (Å²) in [4.78, 5) is 16.7. The Balaban J connectivity index is 1.76. The van der Waals surface area contributed by atoms with Gasteiger partial charge in [0.2, 0.25) is 0 Å². The molecule has 0 atom stereocenters. The Labute approximate surface area is 200 Å². The minimum atomic E-state index is -3.93. The lowest BCUT2D eigenvalue weighted by Gasteiger charge is -2.10. The number of rotatable bonds is 7. The molecule has 2 aromatic carbocycles. The fraction of sp³-hybridized carbons (Fsp3) is 0.130. The maximum atomic E-state index is 12.3. The number of halogens is 2. The van der Waals surface area contributed by atoms with Crippen LogP contribution in [0.4, 0.5) is 0 Å². The SMILES string of the molecule is Cc1nc(C)n(Cc2ccc(Br)cc2Cl)c1C=CC(=O)NS(=O)(=O)C=Cc1ccccc1. The van der Waals surface area contributed by atoms with Gasteiger partial charge >= 0.3 is 0 Å². The van der Waals surface area contributed by atoms with Gasteiger partial charge in [-0.2, -0.15) is 0 Å². The summed E-state index contributed by atoms with van der Waals surface area (Å²) < 4.78 is 29.2. The second-order valence-electron chi connectivity index (χ2n) is 7.01. The van der Waals surface area contributed by atoms with Gasteiger partial charge in [0.05, 0.1) is 23.3 Å². The smallest absolute Gasteiger partial charge is 0.257 e. The summed E-state index contributed by atoms with van der Waals surface area (Å²) in [5.41, 5.74) is 3.01. The molecule has 0 aliphatic rings. The van der Waals surface area contributed by atoms with E-state index in [0.29, 0.717) is 28.5 Å². The van der Waals surface area contributed by atoms with Crippen LogP contribution in [0.2, 0.25) is 5.02 Å². The van der Waals surface area contributed by atoms with E-state index in [1.54, 1.807) is 30.3 Å². The third-order valence-corrected chi connectivity index (χ3v) is 6.43. The number of carbonyl (C=O) groups excluding carboxylic acids is 1. The molecular weight excluding hydrogens is 514 g/mol. The molecule has 3 aromatic rings. The third-order valence-electron chi connectivity index (χ3n) is 4.60. The van der Waals surface area contributed by atoms with E-state index in [2.05, 4.69) is 20.9 Å². The zero-order chi connectivity index (χ0) is 23.3. The van der Waals surface area contributed by atoms with Crippen molar-refractivity contribution in [3.05, 3.63) is 97.8 Å². The van der Waals surface area contributed by atoms with E-state index < -0.39 is 15.9 Å². The summed E-state index contributed by atoms with van der Waals surface area (Å²) >= 11 is 9.74. The summed E-state index contributed by atoms with van der Waals surface area (Å²) in [6, 6.07) is 14.6. The molecule has 0 radical (unpaired) electrons. The molecule has 1 N–H and O–H groups in total. The standard InChI is InChI=1S/C23H21BrClN3O3S/c1-16-22(28(17(2)26-16)15-19-8-9-20(24)14-21(19)25)10-11-23(29)27-32(30,31)13-12-18-6-4-3-5-7-18/h3-14H,15H2,1-2H3,(H,27,29). The molecule has 0 unspecified atom stereocenters. The highest BCUT2D eigenvalue weighted by molar-refractivity contribution is 9.10. The van der Waals surface area contributed by atoms with Gasteiger partial charge < -0.3 is 4.57 Å². The Morgan fingerprint density at radius 2 is 1.88 bits per heavy atom. The number of nitrogens with one attached hydrogen (secondary N) is 1. The van der Waals surface area contributed by atoms with E-state index in [1.165, 1.54) is 12.2 Å². The predicted molar refractivity (Wildman–Crippen MR) is 132 cm³/mol. The zero-order valence-electron chi connectivity index (χ0n) is 17.4. The van der Waals surface area contributed by atoms with Crippen molar-refractivity contribution in [2.75, 3.05) is 0 Å². The van der Waals surface area contributed by atoms with E-state index in [1.807, 2.05) is 47.4 Å². The van der Waals surface area contributed by atoms with Crippen LogP contribution in [0.25, 0.3) is 12.2 Å². The monoisotopic (exact) mass is 533 g/mol. The quantitative estimate of drug-likeness (QED) is 0.428. The van der Waals surface area contributed by atoms with Crippen molar-refractivity contribution in [2.24, 2.45) is 0 Å². The highest BCUT2D eigenvalue weighted by atomic mass is 79.9. The molecule has 32 heavy (non-hydrogen) atoms. The van der Waals surface area contributed by atoms with Crippen LogP contribution in [-0.4, -0.2) is 23.9 Å². The number of aromatic nitrogens is 2. The first-order valence-corrected chi connectivity index (χ1v) is 12.3. The van der Waals surface area contributed by atoms with Crippen LogP contribution in [0.3, 0.4) is 0 Å². The van der Waals surface area contributed by atoms with Gasteiger partial charge in [-0.25, -0.2) is 18.1 Å². The maximum absolute atomic E-state index is 12.3. The molecule has 0 aliphatic heterocycles. The zero-order valence-corrected chi connectivity index (χ0v) is 20.6. The second-order valence-corrected chi connectivity index (χ2v) is 9.90. The van der Waals surface area contributed by atoms with Crippen molar-refractivity contribution in [1.82, 2.24) is 14.3 Å². The number of aryl methyl sites for hydroxylation is 2. The van der Waals surface area contributed by atoms with Crippen molar-refractivity contribution in [3.63, 3.8) is 0 Å². The molecule has 0 aliphatic carbocycles. The molecule has 166 valence electrons. The van der Waals surface area contributed by atoms with Crippen LogP contribution >= 0.6 is 27.5 Å². The number of nitrogens with zero attached hydrogens (tertiary/aromatic N) is 2. The molecule has 1 aromatic heterocycles. The van der Waals surface area contributed by atoms with Crippen molar-refractivity contribution < 1.29 is 13.2 Å². The van der Waals surface area contributed by atoms with Gasteiger partial charge in [0, 0.05) is 15.6 Å². The molecule has 0 spiro atoms. The number of hydrogen-bond acceptors (Lipinski definition) is 4. The van der Waals surface area contributed by atoms with Crippen molar-refractivity contribution in [1.29, 1.82) is 0 Å². The first kappa shape index (κ1) is 24.0. The van der Waals surface area contributed by atoms with E-state index in [9.17, 15) is 13.2 Å². The first-order valence-electron chi connectivity index (χ1n) is 9.60. The predicted octanol–water partition coefficient (Wildman–Crippen LogP) is 5.09. The number of imidazole rings is 1. The van der Waals surface area contributed by atoms with Gasteiger partial charge in [0.25, 0.3) is 15.9 Å². The summed E-state index contributed by atoms with van der Waals surface area (Å²) in [7, 11) is -3.93. The Bertz CT molecular complexity index is 1300. The molecular formula is C23H21BrClN3O3S. The van der Waals surface area contributed by atoms with E-state index in [4.69, 9.17) is 11.6 Å². The lowest BCUT2D eigenvalue weighted by molar-refractivity contribution is -0.114. The molecule has 3 rings (SSSR count). The van der Waals surface area contributed by atoms with Crippen LogP contribution in [0, 0.1) is 13.8 Å². The summed E-state index contributed by atoms with van der Waals surface area (Å²) in [5.74, 6) is -0.00542. The molecule has 9 heteroatoms. The lowest BCUT2D eigenvalue weighted by Crippen LogP contribution is -2.26. The largest absolute Gasteiger partial charge is 0.324 e. The van der Waals surface area contributed by atoms with Gasteiger partial charge in [-0.15, -0.1) is 0 Å². The van der Waals surface area contributed by atoms with Crippen LogP contribution in [0.1, 0.15) is 28.3 Å². The number of carbonyl (C=O) groups is 1. The minimum absolute atomic E-state index is 0.457. The number of benzene rings is 2. The average molecular weight is 535 g/mol. The van der Waals surface area contributed by atoms with Crippen LogP contribution in [0.5, 0.6) is 0 Å². The van der Waals surface area contributed by atoms with E-state index in [0.717, 1.165) is 21.3 Å². The summed E-state index contributed by atoms with van der Waals surface area (Å²) in [6.07, 6.45) is 4.15. The summed E-state index contributed by atoms with van der Waals surface area (Å²) in [6.45, 7) is 4.14. The molecule has 6 nitrogen and oxygen atoms in total. The molecule has 0 saturated heterocycles. The Kier molecular flexibility index (Phi) is 7.71. The normalized spacial score (nSPS) is 12.0. The van der Waals surface area contributed by atoms with Gasteiger partial charge in [0.1, 0.15) is 5.82 Å². The van der Waals surface area contributed by atoms with Gasteiger partial charge in [-0.1, -0.05) is 63.9 Å². The Hall–Kier alpha value is -2.68. The Morgan fingerprint density at radius 1 is 1.16 bits per heavy atom. The van der Waals surface area contributed by atoms with Gasteiger partial charge in [0.15, 0.2) is 0 Å². The first-order chi connectivity index (χ1) is 15.1. The van der Waals surface area contributed by atoms with Crippen LogP contribution in [0.15, 0.2) is 64.5 Å². The van der Waals surface area contributed by atoms with Gasteiger partial charge in [-0.3, -0.25) is 4.79 Å². The fourth-order valence-electron chi connectivity index (χ4n) is 3.06. The molecule has 0 fully saturated rings. The second kappa shape index (κ2) is 10.3. The molecule has 0 bridgehead atoms. The van der Waals surface area contributed by atoms with Crippen LogP contribution < -0.4 is 4.72 Å². The van der Waals surface area contributed by atoms with Crippen molar-refractivity contribution >= 4 is 55.6 Å². The van der Waals surface area contributed by atoms with Crippen LogP contribution in [-0.2, 0) is 21.4 Å². The maximum Gasteiger partial charge on any atom is 0.257 e. The third kappa shape index (κ3) is 6.41. The molecule has 0 saturated carbocycles.